The summed E-state index contributed by atoms with van der Waals surface area (Å²) < 4.78 is 0. The first-order chi connectivity index (χ1) is 11.0. The molecule has 0 aliphatic carbocycles. The van der Waals surface area contributed by atoms with Crippen LogP contribution in [-0.4, -0.2) is 55.4 Å². The molecule has 0 spiro atoms. The van der Waals surface area contributed by atoms with E-state index < -0.39 is 0 Å². The lowest BCUT2D eigenvalue weighted by atomic mass is 10.1. The Hall–Kier alpha value is -1.85. The highest BCUT2D eigenvalue weighted by Crippen LogP contribution is 2.25. The minimum atomic E-state index is 0.489. The number of benzene rings is 1. The molecule has 1 aromatic heterocycles. The normalized spacial score (nSPS) is 11.4. The van der Waals surface area contributed by atoms with E-state index in [0.717, 1.165) is 30.9 Å². The van der Waals surface area contributed by atoms with Crippen LogP contribution in [0, 0.1) is 0 Å². The smallest absolute Gasteiger partial charge is 0.0965 e. The molecule has 0 saturated heterocycles. The van der Waals surface area contributed by atoms with Gasteiger partial charge in [-0.1, -0.05) is 12.1 Å². The zero-order valence-electron chi connectivity index (χ0n) is 14.9. The molecule has 5 heteroatoms. The van der Waals surface area contributed by atoms with Crippen molar-refractivity contribution in [3.8, 4) is 11.3 Å². The predicted molar refractivity (Wildman–Crippen MR) is 97.8 cm³/mol. The molecule has 0 radical (unpaired) electrons. The molecule has 0 fully saturated rings. The van der Waals surface area contributed by atoms with Gasteiger partial charge in [-0.05, 0) is 40.1 Å². The first kappa shape index (κ1) is 17.5. The topological polar surface area (TPSA) is 47.2 Å². The molecule has 126 valence electrons. The first-order valence-corrected chi connectivity index (χ1v) is 8.22. The molecule has 0 saturated carbocycles. The Morgan fingerprint density at radius 1 is 1.17 bits per heavy atom. The number of aromatic nitrogens is 2. The van der Waals surface area contributed by atoms with E-state index in [0.29, 0.717) is 6.04 Å². The number of aromatic amines is 1. The Kier molecular flexibility index (Phi) is 6.19. The average Bonchev–Trinajstić information content (AvgIpc) is 3.00. The quantitative estimate of drug-likeness (QED) is 0.786. The number of rotatable bonds is 8. The molecule has 0 unspecified atom stereocenters. The minimum absolute atomic E-state index is 0.489. The number of likely N-dealkylation sites (N-methyl/N-ethyl adjacent to an activating group) is 2. The van der Waals surface area contributed by atoms with Gasteiger partial charge in [-0.3, -0.25) is 5.10 Å². The molecule has 0 bridgehead atoms. The summed E-state index contributed by atoms with van der Waals surface area (Å²) in [4.78, 5) is 4.56. The van der Waals surface area contributed by atoms with Crippen molar-refractivity contribution in [3.05, 3.63) is 36.0 Å². The van der Waals surface area contributed by atoms with E-state index >= 15 is 0 Å². The van der Waals surface area contributed by atoms with E-state index in [1.807, 2.05) is 13.2 Å². The first-order valence-electron chi connectivity index (χ1n) is 8.22. The second kappa shape index (κ2) is 8.13. The highest BCUT2D eigenvalue weighted by molar-refractivity contribution is 5.65. The van der Waals surface area contributed by atoms with E-state index in [1.54, 1.807) is 0 Å². The lowest BCUT2D eigenvalue weighted by molar-refractivity contribution is 0.328. The van der Waals surface area contributed by atoms with Crippen LogP contribution in [0.2, 0.25) is 0 Å². The summed E-state index contributed by atoms with van der Waals surface area (Å²) in [5, 5.41) is 10.6. The standard InChI is InChI=1S/C18H29N5/c1-14(2)23(5)17-8-6-15(7-9-17)18-16(12-20-21-18)13-22(4)11-10-19-3/h6-9,12,14,19H,10-11,13H2,1-5H3,(H,20,21). The van der Waals surface area contributed by atoms with Crippen LogP contribution in [0.25, 0.3) is 11.3 Å². The van der Waals surface area contributed by atoms with Crippen LogP contribution < -0.4 is 10.2 Å². The van der Waals surface area contributed by atoms with Crippen molar-refractivity contribution < 1.29 is 0 Å². The zero-order valence-corrected chi connectivity index (χ0v) is 14.9. The average molecular weight is 315 g/mol. The lowest BCUT2D eigenvalue weighted by Gasteiger charge is -2.23. The summed E-state index contributed by atoms with van der Waals surface area (Å²) in [5.41, 5.74) is 4.66. The van der Waals surface area contributed by atoms with E-state index in [2.05, 4.69) is 77.5 Å². The number of nitrogens with zero attached hydrogens (tertiary/aromatic N) is 3. The van der Waals surface area contributed by atoms with Crippen LogP contribution in [0.15, 0.2) is 30.5 Å². The molecular weight excluding hydrogens is 286 g/mol. The van der Waals surface area contributed by atoms with Crippen molar-refractivity contribution in [2.45, 2.75) is 26.4 Å². The van der Waals surface area contributed by atoms with Gasteiger partial charge >= 0.3 is 0 Å². The maximum atomic E-state index is 4.45. The maximum Gasteiger partial charge on any atom is 0.0965 e. The fourth-order valence-electron chi connectivity index (χ4n) is 2.51. The largest absolute Gasteiger partial charge is 0.372 e. The SMILES string of the molecule is CNCCN(C)Cc1c[nH]nc1-c1ccc(N(C)C(C)C)cc1. The van der Waals surface area contributed by atoms with Gasteiger partial charge in [0, 0.05) is 55.7 Å². The molecule has 1 heterocycles. The van der Waals surface area contributed by atoms with Gasteiger partial charge in [0.05, 0.1) is 5.69 Å². The van der Waals surface area contributed by atoms with Gasteiger partial charge in [0.25, 0.3) is 0 Å². The predicted octanol–water partition coefficient (Wildman–Crippen LogP) is 2.57. The fourth-order valence-corrected chi connectivity index (χ4v) is 2.51. The number of hydrogen-bond acceptors (Lipinski definition) is 4. The summed E-state index contributed by atoms with van der Waals surface area (Å²) in [6.45, 7) is 7.28. The van der Waals surface area contributed by atoms with E-state index in [9.17, 15) is 0 Å². The Balaban J connectivity index is 2.12. The third-order valence-corrected chi connectivity index (χ3v) is 4.23. The third-order valence-electron chi connectivity index (χ3n) is 4.23. The molecule has 2 N–H and O–H groups in total. The van der Waals surface area contributed by atoms with Gasteiger partial charge < -0.3 is 15.1 Å². The number of anilines is 1. The highest BCUT2D eigenvalue weighted by Gasteiger charge is 2.11. The molecule has 1 aromatic carbocycles. The van der Waals surface area contributed by atoms with Gasteiger partial charge in [0.1, 0.15) is 0 Å². The van der Waals surface area contributed by atoms with Crippen LogP contribution in [-0.2, 0) is 6.54 Å². The van der Waals surface area contributed by atoms with E-state index in [-0.39, 0.29) is 0 Å². The molecule has 23 heavy (non-hydrogen) atoms. The van der Waals surface area contributed by atoms with Crippen molar-refractivity contribution in [1.82, 2.24) is 20.4 Å². The zero-order chi connectivity index (χ0) is 16.8. The van der Waals surface area contributed by atoms with E-state index in [4.69, 9.17) is 0 Å². The number of nitrogens with one attached hydrogen (secondary N) is 2. The lowest BCUT2D eigenvalue weighted by Crippen LogP contribution is -2.27. The maximum absolute atomic E-state index is 4.45. The van der Waals surface area contributed by atoms with Gasteiger partial charge in [-0.2, -0.15) is 5.10 Å². The summed E-state index contributed by atoms with van der Waals surface area (Å²) in [7, 11) is 6.23. The summed E-state index contributed by atoms with van der Waals surface area (Å²) in [5.74, 6) is 0. The Morgan fingerprint density at radius 3 is 2.48 bits per heavy atom. The molecule has 0 aliphatic heterocycles. The molecule has 2 rings (SSSR count). The van der Waals surface area contributed by atoms with Crippen LogP contribution in [0.3, 0.4) is 0 Å². The summed E-state index contributed by atoms with van der Waals surface area (Å²) in [6.07, 6.45) is 2.00. The van der Waals surface area contributed by atoms with Crippen molar-refractivity contribution >= 4 is 5.69 Å². The van der Waals surface area contributed by atoms with Crippen LogP contribution in [0.5, 0.6) is 0 Å². The van der Waals surface area contributed by atoms with Gasteiger partial charge in [-0.25, -0.2) is 0 Å². The molecule has 2 aromatic rings. The van der Waals surface area contributed by atoms with Crippen molar-refractivity contribution in [3.63, 3.8) is 0 Å². The van der Waals surface area contributed by atoms with Gasteiger partial charge in [-0.15, -0.1) is 0 Å². The summed E-state index contributed by atoms with van der Waals surface area (Å²) >= 11 is 0. The van der Waals surface area contributed by atoms with Gasteiger partial charge in [0.2, 0.25) is 0 Å². The van der Waals surface area contributed by atoms with Gasteiger partial charge in [0.15, 0.2) is 0 Å². The van der Waals surface area contributed by atoms with Crippen molar-refractivity contribution in [1.29, 1.82) is 0 Å². The number of hydrogen-bond donors (Lipinski definition) is 2. The highest BCUT2D eigenvalue weighted by atomic mass is 15.1. The van der Waals surface area contributed by atoms with Crippen molar-refractivity contribution in [2.75, 3.05) is 39.1 Å². The van der Waals surface area contributed by atoms with Crippen LogP contribution >= 0.6 is 0 Å². The fraction of sp³-hybridized carbons (Fsp3) is 0.500. The van der Waals surface area contributed by atoms with Crippen molar-refractivity contribution in [2.24, 2.45) is 0 Å². The van der Waals surface area contributed by atoms with Crippen LogP contribution in [0.1, 0.15) is 19.4 Å². The molecule has 0 atom stereocenters. The van der Waals surface area contributed by atoms with Crippen LogP contribution in [0.4, 0.5) is 5.69 Å². The monoisotopic (exact) mass is 315 g/mol. The number of H-pyrrole nitrogens is 1. The molecular formula is C18H29N5. The Bertz CT molecular complexity index is 588. The third kappa shape index (κ3) is 4.56. The Labute approximate surface area is 139 Å². The second-order valence-electron chi connectivity index (χ2n) is 6.35. The second-order valence-corrected chi connectivity index (χ2v) is 6.35. The summed E-state index contributed by atoms with van der Waals surface area (Å²) in [6, 6.07) is 9.13. The molecule has 0 amide bonds. The Morgan fingerprint density at radius 2 is 1.87 bits per heavy atom. The molecule has 5 nitrogen and oxygen atoms in total. The van der Waals surface area contributed by atoms with E-state index in [1.165, 1.54) is 11.3 Å². The minimum Gasteiger partial charge on any atom is -0.372 e. The molecule has 0 aliphatic rings.